The Morgan fingerprint density at radius 3 is 2.20 bits per heavy atom. The Hall–Kier alpha value is -4.97. The minimum atomic E-state index is 0.525. The predicted molar refractivity (Wildman–Crippen MR) is 138 cm³/mol. The smallest absolute Gasteiger partial charge is 0.240 e. The molecule has 0 aliphatic carbocycles. The third kappa shape index (κ3) is 2.50. The lowest BCUT2D eigenvalue weighted by atomic mass is 10.1. The molecule has 0 saturated heterocycles. The maximum Gasteiger partial charge on any atom is 0.240 e. The monoisotopic (exact) mass is 451 g/mol. The number of rotatable bonds is 2. The summed E-state index contributed by atoms with van der Waals surface area (Å²) in [5, 5.41) is 2.03. The van der Waals surface area contributed by atoms with E-state index in [1.54, 1.807) is 0 Å². The molecule has 0 unspecified atom stereocenters. The van der Waals surface area contributed by atoms with E-state index in [-0.39, 0.29) is 0 Å². The van der Waals surface area contributed by atoms with Gasteiger partial charge in [0.15, 0.2) is 0 Å². The zero-order chi connectivity index (χ0) is 22.9. The molecule has 164 valence electrons. The quantitative estimate of drug-likeness (QED) is 0.290. The normalized spacial score (nSPS) is 12.0. The van der Waals surface area contributed by atoms with E-state index in [4.69, 9.17) is 19.4 Å². The van der Waals surface area contributed by atoms with Crippen LogP contribution in [0, 0.1) is 0 Å². The molecule has 8 rings (SSSR count). The van der Waals surface area contributed by atoms with Crippen molar-refractivity contribution in [3.63, 3.8) is 0 Å². The Labute approximate surface area is 198 Å². The minimum absolute atomic E-state index is 0.525. The van der Waals surface area contributed by atoms with Crippen molar-refractivity contribution in [2.24, 2.45) is 0 Å². The van der Waals surface area contributed by atoms with Gasteiger partial charge < -0.3 is 4.42 Å². The van der Waals surface area contributed by atoms with E-state index in [0.717, 1.165) is 55.5 Å². The van der Waals surface area contributed by atoms with E-state index in [9.17, 15) is 0 Å². The first kappa shape index (κ1) is 18.5. The van der Waals surface area contributed by atoms with Crippen LogP contribution in [-0.2, 0) is 0 Å². The van der Waals surface area contributed by atoms with Gasteiger partial charge in [-0.05, 0) is 30.3 Å². The van der Waals surface area contributed by atoms with E-state index < -0.39 is 0 Å². The zero-order valence-corrected chi connectivity index (χ0v) is 18.5. The molecule has 4 aromatic heterocycles. The van der Waals surface area contributed by atoms with E-state index >= 15 is 0 Å². The summed E-state index contributed by atoms with van der Waals surface area (Å²) in [6.07, 6.45) is 0. The van der Waals surface area contributed by atoms with Crippen molar-refractivity contribution in [2.45, 2.75) is 0 Å². The number of hydrogen-bond donors (Lipinski definition) is 0. The van der Waals surface area contributed by atoms with Gasteiger partial charge in [-0.1, -0.05) is 72.8 Å². The second kappa shape index (κ2) is 6.77. The molecule has 0 radical (unpaired) electrons. The fraction of sp³-hybridized carbons (Fsp3) is 0. The van der Waals surface area contributed by atoms with Crippen molar-refractivity contribution < 1.29 is 4.42 Å². The lowest BCUT2D eigenvalue weighted by Crippen LogP contribution is -2.04. The van der Waals surface area contributed by atoms with Crippen molar-refractivity contribution in [3.05, 3.63) is 103 Å². The summed E-state index contributed by atoms with van der Waals surface area (Å²) in [5.74, 6) is 1.25. The van der Waals surface area contributed by atoms with Crippen molar-refractivity contribution in [1.82, 2.24) is 23.9 Å². The largest absolute Gasteiger partial charge is 0.437 e. The van der Waals surface area contributed by atoms with Gasteiger partial charge >= 0.3 is 0 Å². The SMILES string of the molecule is c1ccc(-c2nc(-n3c4oc5ccccc5c4n4c5ccccc5nc34)nc3ccccc23)cc1. The van der Waals surface area contributed by atoms with Crippen LogP contribution in [0.15, 0.2) is 108 Å². The Bertz CT molecular complexity index is 1980. The minimum Gasteiger partial charge on any atom is -0.437 e. The highest BCUT2D eigenvalue weighted by Crippen LogP contribution is 2.36. The van der Waals surface area contributed by atoms with Gasteiger partial charge in [-0.2, -0.15) is 0 Å². The number of hydrogen-bond acceptors (Lipinski definition) is 4. The Balaban J connectivity index is 1.57. The lowest BCUT2D eigenvalue weighted by Gasteiger charge is -2.09. The number of imidazole rings is 2. The van der Waals surface area contributed by atoms with Crippen molar-refractivity contribution in [1.29, 1.82) is 0 Å². The summed E-state index contributed by atoms with van der Waals surface area (Å²) >= 11 is 0. The summed E-state index contributed by atoms with van der Waals surface area (Å²) in [7, 11) is 0. The van der Waals surface area contributed by atoms with Crippen molar-refractivity contribution in [2.75, 3.05) is 0 Å². The molecule has 0 N–H and O–H groups in total. The highest BCUT2D eigenvalue weighted by molar-refractivity contribution is 6.06. The molecule has 0 aliphatic rings. The maximum absolute atomic E-state index is 6.41. The second-order valence-corrected chi connectivity index (χ2v) is 8.58. The summed E-state index contributed by atoms with van der Waals surface area (Å²) < 4.78 is 10.5. The van der Waals surface area contributed by atoms with Gasteiger partial charge in [-0.25, -0.2) is 19.5 Å². The second-order valence-electron chi connectivity index (χ2n) is 8.58. The van der Waals surface area contributed by atoms with Crippen molar-refractivity contribution in [3.8, 4) is 17.2 Å². The van der Waals surface area contributed by atoms with E-state index in [1.165, 1.54) is 0 Å². The number of para-hydroxylation sites is 4. The molecule has 6 heteroatoms. The number of furan rings is 1. The highest BCUT2D eigenvalue weighted by atomic mass is 16.3. The molecule has 4 aromatic carbocycles. The summed E-state index contributed by atoms with van der Waals surface area (Å²) in [6, 6.07) is 34.5. The van der Waals surface area contributed by atoms with Crippen LogP contribution in [0.1, 0.15) is 0 Å². The molecular weight excluding hydrogens is 434 g/mol. The molecule has 6 nitrogen and oxygen atoms in total. The Kier molecular flexibility index (Phi) is 3.57. The van der Waals surface area contributed by atoms with Gasteiger partial charge in [-0.15, -0.1) is 0 Å². The van der Waals surface area contributed by atoms with Crippen LogP contribution in [0.5, 0.6) is 0 Å². The highest BCUT2D eigenvalue weighted by Gasteiger charge is 2.24. The van der Waals surface area contributed by atoms with Crippen LogP contribution in [0.25, 0.3) is 67.1 Å². The first-order valence-corrected chi connectivity index (χ1v) is 11.5. The average molecular weight is 451 g/mol. The molecule has 0 fully saturated rings. The third-order valence-electron chi connectivity index (χ3n) is 6.56. The molecule has 4 heterocycles. The predicted octanol–water partition coefficient (Wildman–Crippen LogP) is 6.79. The topological polar surface area (TPSA) is 61.2 Å². The van der Waals surface area contributed by atoms with Crippen LogP contribution in [-0.4, -0.2) is 23.9 Å². The summed E-state index contributed by atoms with van der Waals surface area (Å²) in [6.45, 7) is 0. The van der Waals surface area contributed by atoms with Crippen LogP contribution >= 0.6 is 0 Å². The molecule has 0 saturated carbocycles. The first-order chi connectivity index (χ1) is 17.4. The fourth-order valence-corrected chi connectivity index (χ4v) is 5.02. The average Bonchev–Trinajstić information content (AvgIpc) is 3.55. The fourth-order valence-electron chi connectivity index (χ4n) is 5.02. The standard InChI is InChI=1S/C29H17N5O/c1-2-10-18(11-3-1)25-19-12-4-6-14-21(19)30-28(32-25)34-27-26(20-13-5-9-17-24(20)35-27)33-23-16-8-7-15-22(23)31-29(33)34/h1-17H. The van der Waals surface area contributed by atoms with Crippen LogP contribution < -0.4 is 0 Å². The van der Waals surface area contributed by atoms with Crippen LogP contribution in [0.2, 0.25) is 0 Å². The molecule has 0 atom stereocenters. The maximum atomic E-state index is 6.41. The Morgan fingerprint density at radius 2 is 1.31 bits per heavy atom. The van der Waals surface area contributed by atoms with E-state index in [0.29, 0.717) is 11.7 Å². The number of nitrogens with zero attached hydrogens (tertiary/aromatic N) is 5. The van der Waals surface area contributed by atoms with Gasteiger partial charge in [0.2, 0.25) is 17.4 Å². The van der Waals surface area contributed by atoms with Crippen LogP contribution in [0.4, 0.5) is 0 Å². The molecule has 8 aromatic rings. The van der Waals surface area contributed by atoms with Gasteiger partial charge in [0.05, 0.1) is 22.2 Å². The number of fused-ring (bicyclic) bond motifs is 8. The van der Waals surface area contributed by atoms with Gasteiger partial charge in [0.1, 0.15) is 11.1 Å². The molecule has 35 heavy (non-hydrogen) atoms. The summed E-state index contributed by atoms with van der Waals surface area (Å²) in [5.41, 5.74) is 7.15. The zero-order valence-electron chi connectivity index (χ0n) is 18.5. The third-order valence-corrected chi connectivity index (χ3v) is 6.56. The van der Waals surface area contributed by atoms with E-state index in [1.807, 2.05) is 77.4 Å². The summed E-state index contributed by atoms with van der Waals surface area (Å²) in [4.78, 5) is 15.1. The molecule has 0 bridgehead atoms. The van der Waals surface area contributed by atoms with Gasteiger partial charge in [-0.3, -0.25) is 4.40 Å². The Morgan fingerprint density at radius 1 is 0.600 bits per heavy atom. The molecule has 0 amide bonds. The van der Waals surface area contributed by atoms with Gasteiger partial charge in [0, 0.05) is 16.3 Å². The number of aromatic nitrogens is 5. The van der Waals surface area contributed by atoms with Crippen LogP contribution in [0.3, 0.4) is 0 Å². The van der Waals surface area contributed by atoms with E-state index in [2.05, 4.69) is 34.7 Å². The molecular formula is C29H17N5O. The van der Waals surface area contributed by atoms with Gasteiger partial charge in [0.25, 0.3) is 0 Å². The first-order valence-electron chi connectivity index (χ1n) is 11.5. The van der Waals surface area contributed by atoms with Crippen molar-refractivity contribution >= 4 is 49.9 Å². The molecule has 0 spiro atoms. The molecule has 0 aliphatic heterocycles. The number of benzene rings is 4. The lowest BCUT2D eigenvalue weighted by molar-refractivity contribution is 0.641.